The highest BCUT2D eigenvalue weighted by molar-refractivity contribution is 5.33. The van der Waals surface area contributed by atoms with Gasteiger partial charge in [-0.05, 0) is 38.5 Å². The molecule has 5 nitrogen and oxygen atoms in total. The summed E-state index contributed by atoms with van der Waals surface area (Å²) in [6.07, 6.45) is 7.23. The molecule has 1 saturated carbocycles. The number of aromatic nitrogens is 2. The summed E-state index contributed by atoms with van der Waals surface area (Å²) in [6, 6.07) is 1.54. The van der Waals surface area contributed by atoms with Crippen LogP contribution in [0.25, 0.3) is 0 Å². The molecule has 1 unspecified atom stereocenters. The molecule has 0 bridgehead atoms. The summed E-state index contributed by atoms with van der Waals surface area (Å²) < 4.78 is 5.68. The second-order valence-corrected chi connectivity index (χ2v) is 5.49. The molecule has 0 spiro atoms. The SMILES string of the molecule is O=c1cc(NCCC2CCCCO2)nc(C2CC2)[nH]1. The normalized spacial score (nSPS) is 23.3. The summed E-state index contributed by atoms with van der Waals surface area (Å²) in [5.74, 6) is 2.00. The molecular weight excluding hydrogens is 242 g/mol. The zero-order chi connectivity index (χ0) is 13.1. The number of anilines is 1. The molecule has 2 fully saturated rings. The van der Waals surface area contributed by atoms with E-state index in [9.17, 15) is 4.79 Å². The monoisotopic (exact) mass is 263 g/mol. The lowest BCUT2D eigenvalue weighted by atomic mass is 10.1. The Morgan fingerprint density at radius 3 is 3.00 bits per heavy atom. The Kier molecular flexibility index (Phi) is 3.82. The van der Waals surface area contributed by atoms with E-state index in [1.54, 1.807) is 0 Å². The number of hydrogen-bond acceptors (Lipinski definition) is 4. The van der Waals surface area contributed by atoms with Gasteiger partial charge in [-0.15, -0.1) is 0 Å². The molecule has 19 heavy (non-hydrogen) atoms. The van der Waals surface area contributed by atoms with Crippen LogP contribution in [-0.4, -0.2) is 29.2 Å². The number of rotatable bonds is 5. The van der Waals surface area contributed by atoms with Crippen LogP contribution in [0.5, 0.6) is 0 Å². The van der Waals surface area contributed by atoms with Crippen molar-refractivity contribution in [2.24, 2.45) is 0 Å². The van der Waals surface area contributed by atoms with Gasteiger partial charge in [-0.2, -0.15) is 0 Å². The number of nitrogens with zero attached hydrogens (tertiary/aromatic N) is 1. The van der Waals surface area contributed by atoms with Crippen LogP contribution < -0.4 is 10.9 Å². The fourth-order valence-corrected chi connectivity index (χ4v) is 2.51. The van der Waals surface area contributed by atoms with Crippen LogP contribution in [-0.2, 0) is 4.74 Å². The predicted molar refractivity (Wildman–Crippen MR) is 73.5 cm³/mol. The first-order valence-corrected chi connectivity index (χ1v) is 7.28. The topological polar surface area (TPSA) is 67.0 Å². The van der Waals surface area contributed by atoms with Gasteiger partial charge in [-0.25, -0.2) is 4.98 Å². The Balaban J connectivity index is 1.52. The van der Waals surface area contributed by atoms with Crippen LogP contribution in [0.1, 0.15) is 50.3 Å². The van der Waals surface area contributed by atoms with Crippen LogP contribution in [0, 0.1) is 0 Å². The molecule has 2 N–H and O–H groups in total. The van der Waals surface area contributed by atoms with E-state index >= 15 is 0 Å². The zero-order valence-corrected chi connectivity index (χ0v) is 11.2. The first-order valence-electron chi connectivity index (χ1n) is 7.28. The summed E-state index contributed by atoms with van der Waals surface area (Å²) in [5.41, 5.74) is -0.0617. The number of H-pyrrole nitrogens is 1. The molecule has 1 atom stereocenters. The van der Waals surface area contributed by atoms with Crippen molar-refractivity contribution in [3.05, 3.63) is 22.2 Å². The Hall–Kier alpha value is -1.36. The van der Waals surface area contributed by atoms with E-state index in [1.807, 2.05) is 0 Å². The molecule has 1 aliphatic carbocycles. The van der Waals surface area contributed by atoms with Gasteiger partial charge in [0.1, 0.15) is 11.6 Å². The Morgan fingerprint density at radius 1 is 1.37 bits per heavy atom. The second kappa shape index (κ2) is 5.74. The van der Waals surface area contributed by atoms with Gasteiger partial charge in [0.25, 0.3) is 5.56 Å². The summed E-state index contributed by atoms with van der Waals surface area (Å²) in [5, 5.41) is 3.24. The van der Waals surface area contributed by atoms with Gasteiger partial charge >= 0.3 is 0 Å². The van der Waals surface area contributed by atoms with E-state index in [0.717, 1.165) is 44.7 Å². The van der Waals surface area contributed by atoms with Crippen molar-refractivity contribution in [1.29, 1.82) is 0 Å². The van der Waals surface area contributed by atoms with Crippen molar-refractivity contribution < 1.29 is 4.74 Å². The van der Waals surface area contributed by atoms with E-state index < -0.39 is 0 Å². The van der Waals surface area contributed by atoms with Crippen LogP contribution in [0.2, 0.25) is 0 Å². The fraction of sp³-hybridized carbons (Fsp3) is 0.714. The molecule has 0 aromatic carbocycles. The smallest absolute Gasteiger partial charge is 0.252 e. The minimum Gasteiger partial charge on any atom is -0.378 e. The molecule has 1 aromatic heterocycles. The van der Waals surface area contributed by atoms with Crippen molar-refractivity contribution in [3.8, 4) is 0 Å². The highest BCUT2D eigenvalue weighted by Crippen LogP contribution is 2.37. The molecule has 1 aromatic rings. The first-order chi connectivity index (χ1) is 9.31. The third-order valence-corrected chi connectivity index (χ3v) is 3.77. The Labute approximate surface area is 112 Å². The van der Waals surface area contributed by atoms with E-state index in [0.29, 0.717) is 17.8 Å². The van der Waals surface area contributed by atoms with Gasteiger partial charge in [-0.1, -0.05) is 0 Å². The van der Waals surface area contributed by atoms with Crippen molar-refractivity contribution in [2.45, 2.75) is 50.5 Å². The second-order valence-electron chi connectivity index (χ2n) is 5.49. The van der Waals surface area contributed by atoms with Gasteiger partial charge < -0.3 is 15.0 Å². The average Bonchev–Trinajstić information content (AvgIpc) is 3.24. The highest BCUT2D eigenvalue weighted by Gasteiger charge is 2.26. The third-order valence-electron chi connectivity index (χ3n) is 3.77. The molecule has 104 valence electrons. The lowest BCUT2D eigenvalue weighted by Crippen LogP contribution is -2.22. The average molecular weight is 263 g/mol. The summed E-state index contributed by atoms with van der Waals surface area (Å²) in [4.78, 5) is 18.8. The standard InChI is InChI=1S/C14H21N3O2/c18-13-9-12(16-14(17-13)10-4-5-10)15-7-6-11-3-1-2-8-19-11/h9-11H,1-8H2,(H2,15,16,17,18). The lowest BCUT2D eigenvalue weighted by Gasteiger charge is -2.22. The third kappa shape index (κ3) is 3.56. The van der Waals surface area contributed by atoms with Crippen LogP contribution in [0.3, 0.4) is 0 Å². The van der Waals surface area contributed by atoms with E-state index in [2.05, 4.69) is 15.3 Å². The predicted octanol–water partition coefficient (Wildman–Crippen LogP) is 2.02. The van der Waals surface area contributed by atoms with Gasteiger partial charge in [0, 0.05) is 25.1 Å². The lowest BCUT2D eigenvalue weighted by molar-refractivity contribution is 0.0134. The van der Waals surface area contributed by atoms with Gasteiger partial charge in [0.2, 0.25) is 0 Å². The van der Waals surface area contributed by atoms with Crippen molar-refractivity contribution in [2.75, 3.05) is 18.5 Å². The number of nitrogens with one attached hydrogen (secondary N) is 2. The van der Waals surface area contributed by atoms with Gasteiger partial charge in [0.05, 0.1) is 6.10 Å². The minimum atomic E-state index is -0.0617. The Morgan fingerprint density at radius 2 is 2.26 bits per heavy atom. The van der Waals surface area contributed by atoms with Crippen molar-refractivity contribution >= 4 is 5.82 Å². The quantitative estimate of drug-likeness (QED) is 0.853. The Bertz CT molecular complexity index is 476. The van der Waals surface area contributed by atoms with Gasteiger partial charge in [0.15, 0.2) is 0 Å². The molecule has 1 saturated heterocycles. The molecule has 2 aliphatic rings. The number of hydrogen-bond donors (Lipinski definition) is 2. The summed E-state index contributed by atoms with van der Waals surface area (Å²) in [7, 11) is 0. The van der Waals surface area contributed by atoms with Crippen molar-refractivity contribution in [1.82, 2.24) is 9.97 Å². The number of ether oxygens (including phenoxy) is 1. The van der Waals surface area contributed by atoms with Crippen LogP contribution in [0.15, 0.2) is 10.9 Å². The van der Waals surface area contributed by atoms with Crippen molar-refractivity contribution in [3.63, 3.8) is 0 Å². The fourth-order valence-electron chi connectivity index (χ4n) is 2.51. The van der Waals surface area contributed by atoms with E-state index in [4.69, 9.17) is 4.74 Å². The first kappa shape index (κ1) is 12.7. The summed E-state index contributed by atoms with van der Waals surface area (Å²) in [6.45, 7) is 1.70. The number of aromatic amines is 1. The molecular formula is C14H21N3O2. The van der Waals surface area contributed by atoms with Gasteiger partial charge in [-0.3, -0.25) is 4.79 Å². The molecule has 5 heteroatoms. The molecule has 2 heterocycles. The summed E-state index contributed by atoms with van der Waals surface area (Å²) >= 11 is 0. The van der Waals surface area contributed by atoms with Crippen LogP contribution in [0.4, 0.5) is 5.82 Å². The van der Waals surface area contributed by atoms with E-state index in [1.165, 1.54) is 18.9 Å². The minimum absolute atomic E-state index is 0.0617. The molecule has 3 rings (SSSR count). The maximum atomic E-state index is 11.5. The zero-order valence-electron chi connectivity index (χ0n) is 11.2. The largest absolute Gasteiger partial charge is 0.378 e. The van der Waals surface area contributed by atoms with E-state index in [-0.39, 0.29) is 5.56 Å². The molecule has 0 amide bonds. The maximum Gasteiger partial charge on any atom is 0.252 e. The maximum absolute atomic E-state index is 11.5. The van der Waals surface area contributed by atoms with Crippen LogP contribution >= 0.6 is 0 Å². The highest BCUT2D eigenvalue weighted by atomic mass is 16.5. The molecule has 0 radical (unpaired) electrons. The molecule has 1 aliphatic heterocycles.